The summed E-state index contributed by atoms with van der Waals surface area (Å²) < 4.78 is 11.1. The Bertz CT molecular complexity index is 340. The van der Waals surface area contributed by atoms with Crippen LogP contribution < -0.4 is 0 Å². The molecule has 0 radical (unpaired) electrons. The SMILES string of the molecule is CC(C)C(=O)OC(C)(C)CCOC(C)(C)C(=O)C(C)C. The summed E-state index contributed by atoms with van der Waals surface area (Å²) in [5.41, 5.74) is -1.38. The first kappa shape index (κ1) is 19.1. The maximum absolute atomic E-state index is 12.0. The van der Waals surface area contributed by atoms with Gasteiger partial charge in [-0.3, -0.25) is 9.59 Å². The highest BCUT2D eigenvalue weighted by Crippen LogP contribution is 2.21. The van der Waals surface area contributed by atoms with Crippen molar-refractivity contribution in [3.05, 3.63) is 0 Å². The number of rotatable bonds is 8. The third-order valence-electron chi connectivity index (χ3n) is 3.13. The molecule has 0 aliphatic rings. The maximum atomic E-state index is 12.0. The molecule has 0 aromatic heterocycles. The van der Waals surface area contributed by atoms with Gasteiger partial charge in [0, 0.05) is 12.3 Å². The van der Waals surface area contributed by atoms with E-state index in [1.165, 1.54) is 0 Å². The highest BCUT2D eigenvalue weighted by atomic mass is 16.6. The lowest BCUT2D eigenvalue weighted by Gasteiger charge is -2.30. The largest absolute Gasteiger partial charge is 0.459 e. The zero-order valence-corrected chi connectivity index (χ0v) is 14.2. The van der Waals surface area contributed by atoms with Crippen molar-refractivity contribution < 1.29 is 19.1 Å². The van der Waals surface area contributed by atoms with Crippen molar-refractivity contribution in [1.82, 2.24) is 0 Å². The normalized spacial score (nSPS) is 12.9. The summed E-state index contributed by atoms with van der Waals surface area (Å²) in [6.45, 7) is 15.0. The Labute approximate surface area is 123 Å². The van der Waals surface area contributed by atoms with Gasteiger partial charge >= 0.3 is 5.97 Å². The summed E-state index contributed by atoms with van der Waals surface area (Å²) in [4.78, 5) is 23.6. The molecule has 20 heavy (non-hydrogen) atoms. The molecular formula is C16H30O4. The predicted molar refractivity (Wildman–Crippen MR) is 79.5 cm³/mol. The lowest BCUT2D eigenvalue weighted by Crippen LogP contribution is -2.40. The van der Waals surface area contributed by atoms with Crippen molar-refractivity contribution in [2.45, 2.75) is 73.0 Å². The number of esters is 1. The van der Waals surface area contributed by atoms with E-state index in [0.717, 1.165) is 0 Å². The molecule has 0 spiro atoms. The zero-order valence-electron chi connectivity index (χ0n) is 14.2. The smallest absolute Gasteiger partial charge is 0.308 e. The number of ketones is 1. The van der Waals surface area contributed by atoms with Crippen molar-refractivity contribution in [2.24, 2.45) is 11.8 Å². The van der Waals surface area contributed by atoms with Crippen molar-refractivity contribution in [3.8, 4) is 0 Å². The number of carbonyl (C=O) groups excluding carboxylic acids is 2. The first-order chi connectivity index (χ1) is 8.89. The first-order valence-corrected chi connectivity index (χ1v) is 7.30. The monoisotopic (exact) mass is 286 g/mol. The summed E-state index contributed by atoms with van der Waals surface area (Å²) in [5, 5.41) is 0. The zero-order chi connectivity index (χ0) is 16.1. The molecule has 4 nitrogen and oxygen atoms in total. The molecule has 0 aliphatic carbocycles. The summed E-state index contributed by atoms with van der Waals surface area (Å²) in [7, 11) is 0. The van der Waals surface area contributed by atoms with Crippen LogP contribution in [0.4, 0.5) is 0 Å². The number of hydrogen-bond donors (Lipinski definition) is 0. The third-order valence-corrected chi connectivity index (χ3v) is 3.13. The van der Waals surface area contributed by atoms with E-state index in [4.69, 9.17) is 9.47 Å². The van der Waals surface area contributed by atoms with Crippen molar-refractivity contribution >= 4 is 11.8 Å². The van der Waals surface area contributed by atoms with Gasteiger partial charge in [-0.05, 0) is 27.7 Å². The number of hydrogen-bond acceptors (Lipinski definition) is 4. The Balaban J connectivity index is 4.35. The fourth-order valence-electron chi connectivity index (χ4n) is 1.76. The molecule has 0 heterocycles. The highest BCUT2D eigenvalue weighted by Gasteiger charge is 2.32. The molecule has 0 rings (SSSR count). The molecule has 0 saturated heterocycles. The average Bonchev–Trinajstić information content (AvgIpc) is 2.26. The first-order valence-electron chi connectivity index (χ1n) is 7.30. The van der Waals surface area contributed by atoms with E-state index >= 15 is 0 Å². The van der Waals surface area contributed by atoms with Gasteiger partial charge in [0.25, 0.3) is 0 Å². The molecule has 0 aliphatic heterocycles. The topological polar surface area (TPSA) is 52.6 Å². The molecule has 0 saturated carbocycles. The molecule has 0 aromatic rings. The fourth-order valence-corrected chi connectivity index (χ4v) is 1.76. The van der Waals surface area contributed by atoms with E-state index in [9.17, 15) is 9.59 Å². The van der Waals surface area contributed by atoms with Crippen LogP contribution >= 0.6 is 0 Å². The molecule has 0 aromatic carbocycles. The van der Waals surface area contributed by atoms with Gasteiger partial charge < -0.3 is 9.47 Å². The second-order valence-corrected chi connectivity index (χ2v) is 6.96. The summed E-state index contributed by atoms with van der Waals surface area (Å²) >= 11 is 0. The molecule has 0 bridgehead atoms. The van der Waals surface area contributed by atoms with Gasteiger partial charge in [0.15, 0.2) is 5.78 Å². The Hall–Kier alpha value is -0.900. The van der Waals surface area contributed by atoms with Crippen molar-refractivity contribution in [2.75, 3.05) is 6.61 Å². The Morgan fingerprint density at radius 3 is 1.85 bits per heavy atom. The minimum atomic E-state index is -0.799. The predicted octanol–water partition coefficient (Wildman–Crippen LogP) is 3.37. The van der Waals surface area contributed by atoms with Crippen LogP contribution in [-0.4, -0.2) is 29.6 Å². The van der Waals surface area contributed by atoms with Gasteiger partial charge in [0.2, 0.25) is 0 Å². The summed E-state index contributed by atoms with van der Waals surface area (Å²) in [6, 6.07) is 0. The Morgan fingerprint density at radius 2 is 1.45 bits per heavy atom. The lowest BCUT2D eigenvalue weighted by molar-refractivity contribution is -0.164. The molecule has 0 fully saturated rings. The maximum Gasteiger partial charge on any atom is 0.308 e. The van der Waals surface area contributed by atoms with E-state index in [-0.39, 0.29) is 23.6 Å². The molecule has 0 N–H and O–H groups in total. The van der Waals surface area contributed by atoms with Gasteiger partial charge in [0.05, 0.1) is 12.5 Å². The minimum Gasteiger partial charge on any atom is -0.459 e. The van der Waals surface area contributed by atoms with Crippen LogP contribution in [0.2, 0.25) is 0 Å². The second-order valence-electron chi connectivity index (χ2n) is 6.96. The van der Waals surface area contributed by atoms with E-state index in [2.05, 4.69) is 0 Å². The van der Waals surface area contributed by atoms with E-state index in [1.54, 1.807) is 27.7 Å². The second kappa shape index (κ2) is 7.21. The van der Waals surface area contributed by atoms with Crippen LogP contribution in [0.5, 0.6) is 0 Å². The van der Waals surface area contributed by atoms with E-state index < -0.39 is 11.2 Å². The minimum absolute atomic E-state index is 0.0585. The Morgan fingerprint density at radius 1 is 0.950 bits per heavy atom. The van der Waals surface area contributed by atoms with Gasteiger partial charge in [0.1, 0.15) is 11.2 Å². The molecular weight excluding hydrogens is 256 g/mol. The lowest BCUT2D eigenvalue weighted by atomic mass is 9.94. The molecule has 0 atom stereocenters. The van der Waals surface area contributed by atoms with E-state index in [0.29, 0.717) is 13.0 Å². The summed E-state index contributed by atoms with van der Waals surface area (Å²) in [5.74, 6) is -0.340. The van der Waals surface area contributed by atoms with Crippen molar-refractivity contribution in [1.29, 1.82) is 0 Å². The highest BCUT2D eigenvalue weighted by molar-refractivity contribution is 5.88. The molecule has 0 unspecified atom stereocenters. The number of ether oxygens (including phenoxy) is 2. The van der Waals surface area contributed by atoms with Crippen LogP contribution in [0.25, 0.3) is 0 Å². The van der Waals surface area contributed by atoms with Crippen LogP contribution in [0, 0.1) is 11.8 Å². The fraction of sp³-hybridized carbons (Fsp3) is 0.875. The van der Waals surface area contributed by atoms with Crippen LogP contribution in [0.3, 0.4) is 0 Å². The van der Waals surface area contributed by atoms with Gasteiger partial charge in [-0.15, -0.1) is 0 Å². The number of carbonyl (C=O) groups is 2. The van der Waals surface area contributed by atoms with Gasteiger partial charge in [-0.1, -0.05) is 27.7 Å². The van der Waals surface area contributed by atoms with Crippen LogP contribution in [0.15, 0.2) is 0 Å². The Kier molecular flexibility index (Phi) is 6.88. The number of Topliss-reactive ketones (excluding diaryl/α,β-unsaturated/α-hetero) is 1. The molecule has 118 valence electrons. The summed E-state index contributed by atoms with van der Waals surface area (Å²) in [6.07, 6.45) is 0.556. The quantitative estimate of drug-likeness (QED) is 0.642. The van der Waals surface area contributed by atoms with Crippen LogP contribution in [0.1, 0.15) is 61.8 Å². The third kappa shape index (κ3) is 6.51. The standard InChI is InChI=1S/C16H30O4/c1-11(2)13(17)16(7,8)19-10-9-15(5,6)20-14(18)12(3)4/h11-12H,9-10H2,1-8H3. The van der Waals surface area contributed by atoms with E-state index in [1.807, 2.05) is 27.7 Å². The van der Waals surface area contributed by atoms with Gasteiger partial charge in [-0.25, -0.2) is 0 Å². The van der Waals surface area contributed by atoms with Crippen molar-refractivity contribution in [3.63, 3.8) is 0 Å². The average molecular weight is 286 g/mol. The van der Waals surface area contributed by atoms with Crippen LogP contribution in [-0.2, 0) is 19.1 Å². The molecule has 0 amide bonds. The van der Waals surface area contributed by atoms with Gasteiger partial charge in [-0.2, -0.15) is 0 Å². The molecule has 4 heteroatoms.